The predicted molar refractivity (Wildman–Crippen MR) is 424 cm³/mol. The van der Waals surface area contributed by atoms with Crippen LogP contribution in [0, 0.1) is 5.92 Å². The number of alkyl carbamates (subject to hydrolysis) is 3. The summed E-state index contributed by atoms with van der Waals surface area (Å²) in [5.74, 6) is -6.62. The van der Waals surface area contributed by atoms with Gasteiger partial charge in [-0.2, -0.15) is 0 Å². The van der Waals surface area contributed by atoms with Crippen molar-refractivity contribution in [3.63, 3.8) is 0 Å². The topological polar surface area (TPSA) is 567 Å². The molecule has 3 aliphatic rings. The molecule has 0 aromatic heterocycles. The van der Waals surface area contributed by atoms with Crippen LogP contribution in [0.25, 0.3) is 20.9 Å². The maximum atomic E-state index is 14.0. The number of carbonyl (C=O) groups is 13. The third-order valence-corrected chi connectivity index (χ3v) is 16.5. The Balaban J connectivity index is 0.000000342. The zero-order valence-corrected chi connectivity index (χ0v) is 66.3. The van der Waals surface area contributed by atoms with Crippen molar-refractivity contribution in [3.05, 3.63) is 236 Å². The Hall–Kier alpha value is -13.2. The van der Waals surface area contributed by atoms with Crippen molar-refractivity contribution in [2.75, 3.05) is 52.6 Å². The van der Waals surface area contributed by atoms with E-state index in [9.17, 15) is 72.5 Å². The first kappa shape index (κ1) is 97.3. The summed E-state index contributed by atoms with van der Waals surface area (Å²) >= 11 is 0. The first-order valence-corrected chi connectivity index (χ1v) is 37.9. The monoisotopic (exact) mass is 1670 g/mol. The largest absolute Gasteiger partial charge is 0.461 e. The second-order valence-electron chi connectivity index (χ2n) is 26.6. The summed E-state index contributed by atoms with van der Waals surface area (Å²) in [7, 11) is 0. The number of ether oxygens (including phenoxy) is 9. The molecule has 3 heterocycles. The van der Waals surface area contributed by atoms with Crippen molar-refractivity contribution in [1.82, 2.24) is 42.5 Å². The molecule has 0 radical (unpaired) electrons. The summed E-state index contributed by atoms with van der Waals surface area (Å²) in [6.45, 7) is 7.96. The number of quaternary nitrogens is 1. The van der Waals surface area contributed by atoms with Gasteiger partial charge in [0.15, 0.2) is 6.29 Å². The van der Waals surface area contributed by atoms with Gasteiger partial charge in [0.25, 0.3) is 0 Å². The van der Waals surface area contributed by atoms with Crippen molar-refractivity contribution < 1.29 is 121 Å². The van der Waals surface area contributed by atoms with Crippen molar-refractivity contribution in [3.8, 4) is 0 Å². The van der Waals surface area contributed by atoms with E-state index in [2.05, 4.69) is 82.5 Å². The van der Waals surface area contributed by atoms with E-state index in [0.717, 1.165) is 34.4 Å². The molecule has 3 unspecified atom stereocenters. The minimum Gasteiger partial charge on any atom is -0.461 e. The number of esters is 6. The van der Waals surface area contributed by atoms with Gasteiger partial charge in [-0.25, -0.2) is 28.8 Å². The lowest BCUT2D eigenvalue weighted by atomic mass is 10.00. The number of hydrogen-bond donors (Lipinski definition) is 11. The van der Waals surface area contributed by atoms with Crippen LogP contribution in [0.3, 0.4) is 0 Å². The third-order valence-electron chi connectivity index (χ3n) is 16.5. The molecule has 0 saturated carbocycles. The lowest BCUT2D eigenvalue weighted by Crippen LogP contribution is -2.61. The Labute approximate surface area is 690 Å². The number of aliphatic hydroxyl groups is 2. The molecule has 6 aromatic carbocycles. The van der Waals surface area contributed by atoms with Gasteiger partial charge >= 0.3 is 54.1 Å². The molecule has 642 valence electrons. The molecule has 39 nitrogen and oxygen atoms in total. The number of nitrogens with zero attached hydrogens (tertiary/aromatic N) is 6. The van der Waals surface area contributed by atoms with E-state index in [-0.39, 0.29) is 84.3 Å². The number of amides is 7. The number of aliphatic hydroxyl groups excluding tert-OH is 2. The van der Waals surface area contributed by atoms with E-state index in [1.807, 2.05) is 135 Å². The fourth-order valence-corrected chi connectivity index (χ4v) is 10.7. The third kappa shape index (κ3) is 41.1. The van der Waals surface area contributed by atoms with Crippen molar-refractivity contribution in [1.29, 1.82) is 0 Å². The van der Waals surface area contributed by atoms with Crippen LogP contribution in [-0.4, -0.2) is 195 Å². The molecule has 120 heavy (non-hydrogen) atoms. The normalized spacial score (nSPS) is 15.5. The number of nitrogens with one attached hydrogen (secondary N) is 8. The fraction of sp³-hybridized carbons (Fsp3) is 0.395. The molecule has 0 bridgehead atoms. The summed E-state index contributed by atoms with van der Waals surface area (Å²) in [6.07, 6.45) is -6.16. The summed E-state index contributed by atoms with van der Waals surface area (Å²) < 4.78 is 44.1. The predicted octanol–water partition coefficient (Wildman–Crippen LogP) is 4.46. The number of azide groups is 2. The minimum absolute atomic E-state index is 0.000906. The van der Waals surface area contributed by atoms with E-state index in [0.29, 0.717) is 31.7 Å². The molecule has 9 rings (SSSR count). The smallest absolute Gasteiger partial charge is 0.415 e. The molecule has 3 aliphatic heterocycles. The Morgan fingerprint density at radius 1 is 0.483 bits per heavy atom. The highest BCUT2D eigenvalue weighted by molar-refractivity contribution is 5.99. The van der Waals surface area contributed by atoms with Crippen LogP contribution >= 0.6 is 0 Å². The lowest BCUT2D eigenvalue weighted by molar-refractivity contribution is -0.374. The van der Waals surface area contributed by atoms with Crippen molar-refractivity contribution >= 4 is 77.7 Å². The van der Waals surface area contributed by atoms with E-state index < -0.39 is 145 Å². The van der Waals surface area contributed by atoms with Crippen LogP contribution in [0.2, 0.25) is 0 Å². The summed E-state index contributed by atoms with van der Waals surface area (Å²) in [5.41, 5.74) is 24.8. The number of cyclic esters (lactones) is 6. The summed E-state index contributed by atoms with van der Waals surface area (Å²) in [6, 6.07) is 47.4. The second-order valence-corrected chi connectivity index (χ2v) is 26.6. The number of carbonyl (C=O) groups excluding carboxylic acids is 13. The highest BCUT2D eigenvalue weighted by Crippen LogP contribution is 2.17. The molecule has 9 atom stereocenters. The first-order valence-electron chi connectivity index (χ1n) is 37.9. The molecule has 0 aliphatic carbocycles. The Morgan fingerprint density at radius 2 is 0.883 bits per heavy atom. The number of benzene rings is 6. The van der Waals surface area contributed by atoms with E-state index in [1.54, 1.807) is 60.7 Å². The van der Waals surface area contributed by atoms with Crippen molar-refractivity contribution in [2.24, 2.45) is 16.1 Å². The van der Waals surface area contributed by atoms with Crippen LogP contribution in [-0.2, 0) is 130 Å². The number of rotatable bonds is 43. The van der Waals surface area contributed by atoms with Gasteiger partial charge in [-0.15, -0.1) is 0 Å². The SMILES string of the molecule is CC(=O)N[C@H](CC(=O)OCc1ccccc1)C(=O)N[C@@H](CC(O)OCc1ccccc1)C(O)NC(CC(C)C)C(=O)N[C@@H](Cc1ccccc1)C(=O)NCCOCCN=[N+]=[N-].O=C(C[C@@H]1NC(=O)OC1=O)OCc1ccccc1.O=C(C[C@H]1NC(=O)OC1=O)OCc1ccccc1.O=C1N[C@@H](Cc2ccccc2)C(=O)O1.[N-]=[N+]=NCCOCC[NH3+]. The molecular weight excluding hydrogens is 1570 g/mol. The van der Waals surface area contributed by atoms with Crippen LogP contribution in [0.15, 0.2) is 192 Å². The van der Waals surface area contributed by atoms with Gasteiger partial charge in [-0.1, -0.05) is 206 Å². The average molecular weight is 1670 g/mol. The van der Waals surface area contributed by atoms with E-state index in [1.165, 1.54) is 6.92 Å². The molecule has 3 saturated heterocycles. The van der Waals surface area contributed by atoms with Gasteiger partial charge in [0.1, 0.15) is 56.3 Å². The first-order chi connectivity index (χ1) is 57.8. The molecule has 6 aromatic rings. The molecule has 39 heteroatoms. The maximum Gasteiger partial charge on any atom is 0.415 e. The highest BCUT2D eigenvalue weighted by atomic mass is 16.6. The summed E-state index contributed by atoms with van der Waals surface area (Å²) in [5, 5.41) is 49.8. The van der Waals surface area contributed by atoms with Gasteiger partial charge < -0.3 is 95.8 Å². The van der Waals surface area contributed by atoms with Gasteiger partial charge in [0, 0.05) is 55.6 Å². The molecule has 0 spiro atoms. The molecule has 7 amide bonds. The lowest BCUT2D eigenvalue weighted by Gasteiger charge is -2.32. The minimum atomic E-state index is -1.71. The van der Waals surface area contributed by atoms with Crippen molar-refractivity contribution in [2.45, 2.75) is 147 Å². The van der Waals surface area contributed by atoms with Crippen LogP contribution in [0.5, 0.6) is 0 Å². The zero-order chi connectivity index (χ0) is 87.2. The van der Waals surface area contributed by atoms with Gasteiger partial charge in [0.05, 0.1) is 70.9 Å². The Kier molecular flexibility index (Phi) is 45.6. The molecule has 13 N–H and O–H groups in total. The Bertz CT molecular complexity index is 4220. The van der Waals surface area contributed by atoms with Gasteiger partial charge in [-0.05, 0) is 56.8 Å². The van der Waals surface area contributed by atoms with Gasteiger partial charge in [-0.3, -0.25) is 38.9 Å². The fourth-order valence-electron chi connectivity index (χ4n) is 10.7. The average Bonchev–Trinajstić information content (AvgIpc) is 0.943. The van der Waals surface area contributed by atoms with E-state index >= 15 is 0 Å². The zero-order valence-electron chi connectivity index (χ0n) is 66.3. The Morgan fingerprint density at radius 3 is 1.29 bits per heavy atom. The van der Waals surface area contributed by atoms with Crippen LogP contribution in [0.1, 0.15) is 86.3 Å². The maximum absolute atomic E-state index is 14.0. The quantitative estimate of drug-likeness (QED) is 0.00368. The molecular formula is C81H100N15O24+. The van der Waals surface area contributed by atoms with E-state index in [4.69, 9.17) is 39.5 Å². The molecule has 3 fully saturated rings. The standard InChI is InChI=1S/C43H58N8O10.2C12H11NO5.C10H9NO3.C4H10N4O/c1-29(2)23-34(41(56)49-35(24-31-13-7-4-8-14-31)40(55)45-19-21-59-22-20-46-51-44)48-43(58)37(26-39(54)61-28-33-17-11-6-12-18-33)50-42(57)36(47-30(3)52)25-38(53)60-27-32-15-9-5-10-16-32;2*14-10(6-9-11(15)18-12(16)13-9)17-7-8-4-2-1-3-5-8;12-9-8(11-10(13)14-9)6-7-4-2-1-3-5-7;5-1-3-9-4-2-7-8-6/h4-18,29,34-37,39,43,48,54,58H,19-28H2,1-3H3,(H,45,55)(H,47,52)(H,49,56)(H,50,57);2*1-5,9H,6-7H2,(H,13,16);1-5,8H,6H2,(H,11,13);1-5H2/p+1/t34?,35-,36+,37-,39?,43?;2*9-;8-;/m0100./s1. The summed E-state index contributed by atoms with van der Waals surface area (Å²) in [4.78, 5) is 160. The van der Waals surface area contributed by atoms with Crippen LogP contribution in [0.4, 0.5) is 14.4 Å². The second kappa shape index (κ2) is 56.2. The van der Waals surface area contributed by atoms with Gasteiger partial charge in [0.2, 0.25) is 23.6 Å². The number of hydrogen-bond acceptors (Lipinski definition) is 27. The highest BCUT2D eigenvalue weighted by Gasteiger charge is 2.38. The van der Waals surface area contributed by atoms with Crippen LogP contribution < -0.4 is 48.3 Å².